The number of nitrogens with zero attached hydrogens (tertiary/aromatic N) is 5. The lowest BCUT2D eigenvalue weighted by molar-refractivity contribution is -0.130. The number of hydrogen-bond acceptors (Lipinski definition) is 4. The first-order valence-corrected chi connectivity index (χ1v) is 10.1. The second kappa shape index (κ2) is 11.9. The number of piperazine rings is 1. The molecule has 1 aliphatic heterocycles. The summed E-state index contributed by atoms with van der Waals surface area (Å²) in [6.07, 6.45) is 1.87. The molecular weight excluding hydrogens is 493 g/mol. The van der Waals surface area contributed by atoms with Gasteiger partial charge >= 0.3 is 0 Å². The van der Waals surface area contributed by atoms with Crippen molar-refractivity contribution in [3.63, 3.8) is 0 Å². The van der Waals surface area contributed by atoms with E-state index >= 15 is 0 Å². The minimum atomic E-state index is 0. The van der Waals surface area contributed by atoms with Gasteiger partial charge in [-0.1, -0.05) is 30.3 Å². The van der Waals surface area contributed by atoms with Crippen molar-refractivity contribution in [1.82, 2.24) is 30.0 Å². The lowest BCUT2D eigenvalue weighted by atomic mass is 10.2. The van der Waals surface area contributed by atoms with Crippen LogP contribution >= 0.6 is 24.0 Å². The predicted octanol–water partition coefficient (Wildman–Crippen LogP) is 1.87. The van der Waals surface area contributed by atoms with E-state index in [1.807, 2.05) is 36.3 Å². The molecule has 1 amide bonds. The Hall–Kier alpha value is -2.14. The topological polar surface area (TPSA) is 79.9 Å². The van der Waals surface area contributed by atoms with E-state index < -0.39 is 0 Å². The molecule has 3 rings (SSSR count). The van der Waals surface area contributed by atoms with E-state index in [0.29, 0.717) is 6.54 Å². The molecule has 1 fully saturated rings. The van der Waals surface area contributed by atoms with Gasteiger partial charge in [0, 0.05) is 60.3 Å². The molecule has 0 atom stereocenters. The summed E-state index contributed by atoms with van der Waals surface area (Å²) in [5.41, 5.74) is 2.14. The molecular formula is C21H32IN7O. The number of H-pyrrole nitrogens is 1. The van der Waals surface area contributed by atoms with Crippen LogP contribution in [0.4, 0.5) is 0 Å². The monoisotopic (exact) mass is 525 g/mol. The van der Waals surface area contributed by atoms with Crippen molar-refractivity contribution in [3.8, 4) is 11.3 Å². The molecule has 2 aromatic rings. The molecule has 1 aromatic carbocycles. The molecule has 0 unspecified atom stereocenters. The number of guanidine groups is 1. The fraction of sp³-hybridized carbons (Fsp3) is 0.476. The molecule has 9 heteroatoms. The Morgan fingerprint density at radius 1 is 1.23 bits per heavy atom. The van der Waals surface area contributed by atoms with Crippen molar-refractivity contribution in [2.75, 3.05) is 53.4 Å². The zero-order valence-electron chi connectivity index (χ0n) is 18.0. The Bertz CT molecular complexity index is 816. The molecule has 8 nitrogen and oxygen atoms in total. The number of halogens is 1. The number of aromatic amines is 1. The highest BCUT2D eigenvalue weighted by Crippen LogP contribution is 2.16. The Morgan fingerprint density at radius 2 is 1.93 bits per heavy atom. The van der Waals surface area contributed by atoms with Gasteiger partial charge < -0.3 is 20.1 Å². The molecule has 1 aromatic heterocycles. The fourth-order valence-corrected chi connectivity index (χ4v) is 3.50. The fourth-order valence-electron chi connectivity index (χ4n) is 3.50. The zero-order valence-corrected chi connectivity index (χ0v) is 20.3. The SMILES string of the molecule is CN=C(NCCN1CCN(C(C)=O)CC1)N(C)Cc1ncc(-c2ccccc2)[nH]1.I. The molecule has 1 aliphatic rings. The first-order chi connectivity index (χ1) is 14.1. The highest BCUT2D eigenvalue weighted by atomic mass is 127. The number of imidazole rings is 1. The Balaban J connectivity index is 0.00000320. The maximum Gasteiger partial charge on any atom is 0.219 e. The van der Waals surface area contributed by atoms with Gasteiger partial charge in [-0.05, 0) is 5.56 Å². The second-order valence-corrected chi connectivity index (χ2v) is 7.29. The van der Waals surface area contributed by atoms with Crippen LogP contribution in [0, 0.1) is 0 Å². The van der Waals surface area contributed by atoms with Crippen LogP contribution in [-0.2, 0) is 11.3 Å². The highest BCUT2D eigenvalue weighted by Gasteiger charge is 2.18. The van der Waals surface area contributed by atoms with Crippen molar-refractivity contribution in [1.29, 1.82) is 0 Å². The zero-order chi connectivity index (χ0) is 20.6. The van der Waals surface area contributed by atoms with Gasteiger partial charge in [0.15, 0.2) is 5.96 Å². The number of carbonyl (C=O) groups is 1. The average molecular weight is 525 g/mol. The normalized spacial score (nSPS) is 14.9. The molecule has 2 N–H and O–H groups in total. The van der Waals surface area contributed by atoms with Gasteiger partial charge in [-0.15, -0.1) is 24.0 Å². The summed E-state index contributed by atoms with van der Waals surface area (Å²) < 4.78 is 0. The lowest BCUT2D eigenvalue weighted by Gasteiger charge is -2.34. The highest BCUT2D eigenvalue weighted by molar-refractivity contribution is 14.0. The van der Waals surface area contributed by atoms with Crippen molar-refractivity contribution in [2.24, 2.45) is 4.99 Å². The number of rotatable bonds is 6. The van der Waals surface area contributed by atoms with Gasteiger partial charge in [-0.25, -0.2) is 4.98 Å². The maximum atomic E-state index is 11.4. The largest absolute Gasteiger partial charge is 0.355 e. The van der Waals surface area contributed by atoms with Crippen LogP contribution < -0.4 is 5.32 Å². The number of amides is 1. The Morgan fingerprint density at radius 3 is 2.57 bits per heavy atom. The molecule has 0 saturated carbocycles. The summed E-state index contributed by atoms with van der Waals surface area (Å²) in [6, 6.07) is 10.2. The summed E-state index contributed by atoms with van der Waals surface area (Å²) in [5, 5.41) is 3.42. The van der Waals surface area contributed by atoms with Gasteiger partial charge in [0.2, 0.25) is 5.91 Å². The third kappa shape index (κ3) is 6.69. The molecule has 0 aliphatic carbocycles. The molecule has 164 valence electrons. The van der Waals surface area contributed by atoms with E-state index in [9.17, 15) is 4.79 Å². The third-order valence-corrected chi connectivity index (χ3v) is 5.20. The van der Waals surface area contributed by atoms with Crippen molar-refractivity contribution in [3.05, 3.63) is 42.4 Å². The molecule has 2 heterocycles. The second-order valence-electron chi connectivity index (χ2n) is 7.29. The van der Waals surface area contributed by atoms with Gasteiger partial charge in [0.25, 0.3) is 0 Å². The molecule has 0 radical (unpaired) electrons. The average Bonchev–Trinajstić information content (AvgIpc) is 3.20. The van der Waals surface area contributed by atoms with Gasteiger partial charge in [-0.3, -0.25) is 14.7 Å². The third-order valence-electron chi connectivity index (χ3n) is 5.20. The summed E-state index contributed by atoms with van der Waals surface area (Å²) in [6.45, 7) is 7.48. The maximum absolute atomic E-state index is 11.4. The van der Waals surface area contributed by atoms with Crippen molar-refractivity contribution in [2.45, 2.75) is 13.5 Å². The molecule has 30 heavy (non-hydrogen) atoms. The van der Waals surface area contributed by atoms with Crippen LogP contribution in [0.2, 0.25) is 0 Å². The number of hydrogen-bond donors (Lipinski definition) is 2. The van der Waals surface area contributed by atoms with Crippen LogP contribution in [0.25, 0.3) is 11.3 Å². The van der Waals surface area contributed by atoms with Crippen LogP contribution in [-0.4, -0.2) is 89.9 Å². The van der Waals surface area contributed by atoms with E-state index in [2.05, 4.69) is 42.2 Å². The summed E-state index contributed by atoms with van der Waals surface area (Å²) in [5.74, 6) is 1.90. The van der Waals surface area contributed by atoms with Gasteiger partial charge in [-0.2, -0.15) is 0 Å². The molecule has 0 spiro atoms. The predicted molar refractivity (Wildman–Crippen MR) is 131 cm³/mol. The summed E-state index contributed by atoms with van der Waals surface area (Å²) >= 11 is 0. The summed E-state index contributed by atoms with van der Waals surface area (Å²) in [4.78, 5) is 30.0. The first-order valence-electron chi connectivity index (χ1n) is 10.1. The number of aromatic nitrogens is 2. The van der Waals surface area contributed by atoms with Crippen LogP contribution in [0.1, 0.15) is 12.7 Å². The van der Waals surface area contributed by atoms with Gasteiger partial charge in [0.1, 0.15) is 5.82 Å². The minimum absolute atomic E-state index is 0. The van der Waals surface area contributed by atoms with Gasteiger partial charge in [0.05, 0.1) is 18.4 Å². The number of benzene rings is 1. The van der Waals surface area contributed by atoms with Crippen LogP contribution in [0.15, 0.2) is 41.5 Å². The lowest BCUT2D eigenvalue weighted by Crippen LogP contribution is -2.50. The van der Waals surface area contributed by atoms with Crippen LogP contribution in [0.5, 0.6) is 0 Å². The minimum Gasteiger partial charge on any atom is -0.355 e. The van der Waals surface area contributed by atoms with Crippen molar-refractivity contribution >= 4 is 35.8 Å². The van der Waals surface area contributed by atoms with E-state index in [-0.39, 0.29) is 29.9 Å². The van der Waals surface area contributed by atoms with Crippen LogP contribution in [0.3, 0.4) is 0 Å². The molecule has 0 bridgehead atoms. The number of nitrogens with one attached hydrogen (secondary N) is 2. The number of aliphatic imine (C=N–C) groups is 1. The number of carbonyl (C=O) groups excluding carboxylic acids is 1. The Labute approximate surface area is 195 Å². The standard InChI is InChI=1S/C21H31N7O.HI/c1-17(29)28-13-11-27(12-14-28)10-9-23-21(22-2)26(3)16-20-24-15-19(25-20)18-7-5-4-6-8-18;/h4-8,15H,9-14,16H2,1-3H3,(H,22,23)(H,24,25);1H. The molecule has 1 saturated heterocycles. The summed E-state index contributed by atoms with van der Waals surface area (Å²) in [7, 11) is 3.80. The van der Waals surface area contributed by atoms with E-state index in [0.717, 1.165) is 62.3 Å². The Kier molecular flexibility index (Phi) is 9.57. The van der Waals surface area contributed by atoms with E-state index in [1.54, 1.807) is 14.0 Å². The van der Waals surface area contributed by atoms with E-state index in [1.165, 1.54) is 0 Å². The van der Waals surface area contributed by atoms with Crippen molar-refractivity contribution < 1.29 is 4.79 Å². The van der Waals surface area contributed by atoms with E-state index in [4.69, 9.17) is 0 Å². The quantitative estimate of drug-likeness (QED) is 0.342. The smallest absolute Gasteiger partial charge is 0.219 e. The first kappa shape index (κ1) is 24.1.